The normalized spacial score (nSPS) is 16.9. The number of likely N-dealkylation sites (N-methyl/N-ethyl adjacent to an activating group) is 1. The van der Waals surface area contributed by atoms with Gasteiger partial charge in [0.15, 0.2) is 0 Å². The van der Waals surface area contributed by atoms with Gasteiger partial charge in [-0.1, -0.05) is 26.0 Å². The zero-order valence-electron chi connectivity index (χ0n) is 11.8. The number of benzene rings is 1. The van der Waals surface area contributed by atoms with E-state index in [4.69, 9.17) is 5.73 Å². The van der Waals surface area contributed by atoms with Crippen LogP contribution in [0.2, 0.25) is 0 Å². The van der Waals surface area contributed by atoms with Crippen LogP contribution in [0.15, 0.2) is 24.3 Å². The Morgan fingerprint density at radius 1 is 1.17 bits per heavy atom. The van der Waals surface area contributed by atoms with Crippen LogP contribution in [0.3, 0.4) is 0 Å². The smallest absolute Gasteiger partial charge is 0.0604 e. The van der Waals surface area contributed by atoms with Crippen molar-refractivity contribution < 1.29 is 0 Å². The number of para-hydroxylation sites is 2. The van der Waals surface area contributed by atoms with Crippen molar-refractivity contribution in [2.45, 2.75) is 26.3 Å². The highest BCUT2D eigenvalue weighted by molar-refractivity contribution is 5.73. The van der Waals surface area contributed by atoms with Crippen LogP contribution >= 0.6 is 0 Å². The lowest BCUT2D eigenvalue weighted by atomic mass is 10.0. The molecule has 100 valence electrons. The molecule has 0 radical (unpaired) electrons. The number of rotatable bonds is 4. The Morgan fingerprint density at radius 3 is 2.50 bits per heavy atom. The summed E-state index contributed by atoms with van der Waals surface area (Å²) in [5.41, 5.74) is 8.83. The third-order valence-electron chi connectivity index (χ3n) is 3.93. The van der Waals surface area contributed by atoms with Crippen LogP contribution in [-0.2, 0) is 0 Å². The summed E-state index contributed by atoms with van der Waals surface area (Å²) in [4.78, 5) is 4.80. The molecule has 3 nitrogen and oxygen atoms in total. The van der Waals surface area contributed by atoms with Gasteiger partial charge >= 0.3 is 0 Å². The Bertz CT molecular complexity index is 389. The fourth-order valence-corrected chi connectivity index (χ4v) is 2.44. The number of nitrogens with zero attached hydrogens (tertiary/aromatic N) is 2. The maximum absolute atomic E-state index is 6.14. The van der Waals surface area contributed by atoms with Gasteiger partial charge in [0.05, 0.1) is 11.4 Å². The Hall–Kier alpha value is -1.22. The van der Waals surface area contributed by atoms with E-state index in [1.54, 1.807) is 0 Å². The first-order valence-corrected chi connectivity index (χ1v) is 6.90. The van der Waals surface area contributed by atoms with Gasteiger partial charge in [0.2, 0.25) is 0 Å². The predicted octanol–water partition coefficient (Wildman–Crippen LogP) is 2.32. The Kier molecular flexibility index (Phi) is 4.12. The van der Waals surface area contributed by atoms with Gasteiger partial charge in [-0.15, -0.1) is 0 Å². The van der Waals surface area contributed by atoms with E-state index >= 15 is 0 Å². The van der Waals surface area contributed by atoms with Crippen molar-refractivity contribution in [2.75, 3.05) is 36.5 Å². The number of fused-ring (bicyclic) bond motifs is 1. The standard InChI is InChI=1S/C15H25N3/c1-12(2)13(16)8-9-18-11-10-17(3)14-6-4-5-7-15(14)18/h4-7,12-13H,8-11,16H2,1-3H3. The second-order valence-electron chi connectivity index (χ2n) is 5.59. The average Bonchev–Trinajstić information content (AvgIpc) is 2.38. The molecule has 0 saturated heterocycles. The first kappa shape index (κ1) is 13.2. The molecule has 1 aromatic carbocycles. The molecule has 0 aromatic heterocycles. The van der Waals surface area contributed by atoms with Crippen molar-refractivity contribution in [2.24, 2.45) is 11.7 Å². The summed E-state index contributed by atoms with van der Waals surface area (Å²) in [5.74, 6) is 0.563. The molecule has 1 aliphatic rings. The fraction of sp³-hybridized carbons (Fsp3) is 0.600. The first-order valence-electron chi connectivity index (χ1n) is 6.90. The number of hydrogen-bond acceptors (Lipinski definition) is 3. The molecule has 0 amide bonds. The topological polar surface area (TPSA) is 32.5 Å². The molecule has 1 atom stereocenters. The summed E-state index contributed by atoms with van der Waals surface area (Å²) in [5, 5.41) is 0. The average molecular weight is 247 g/mol. The zero-order chi connectivity index (χ0) is 13.1. The van der Waals surface area contributed by atoms with E-state index in [0.29, 0.717) is 12.0 Å². The van der Waals surface area contributed by atoms with Crippen LogP contribution in [0, 0.1) is 5.92 Å². The second kappa shape index (κ2) is 5.61. The minimum absolute atomic E-state index is 0.303. The van der Waals surface area contributed by atoms with Gasteiger partial charge in [0.25, 0.3) is 0 Å². The highest BCUT2D eigenvalue weighted by Crippen LogP contribution is 2.31. The Labute approximate surface area is 111 Å². The quantitative estimate of drug-likeness (QED) is 0.886. The van der Waals surface area contributed by atoms with Crippen molar-refractivity contribution in [3.63, 3.8) is 0 Å². The van der Waals surface area contributed by atoms with Crippen LogP contribution in [0.4, 0.5) is 11.4 Å². The SMILES string of the molecule is CC(C)C(N)CCN1CCN(C)c2ccccc21. The van der Waals surface area contributed by atoms with E-state index in [9.17, 15) is 0 Å². The van der Waals surface area contributed by atoms with Crippen LogP contribution < -0.4 is 15.5 Å². The minimum Gasteiger partial charge on any atom is -0.371 e. The van der Waals surface area contributed by atoms with E-state index in [-0.39, 0.29) is 0 Å². The van der Waals surface area contributed by atoms with Crippen LogP contribution in [0.5, 0.6) is 0 Å². The molecule has 2 N–H and O–H groups in total. The summed E-state index contributed by atoms with van der Waals surface area (Å²) in [6.07, 6.45) is 1.07. The molecule has 0 saturated carbocycles. The first-order chi connectivity index (χ1) is 8.59. The van der Waals surface area contributed by atoms with Gasteiger partial charge in [-0.05, 0) is 24.5 Å². The van der Waals surface area contributed by atoms with Crippen molar-refractivity contribution in [3.8, 4) is 0 Å². The summed E-state index contributed by atoms with van der Waals surface area (Å²) in [6, 6.07) is 8.94. The summed E-state index contributed by atoms with van der Waals surface area (Å²) < 4.78 is 0. The molecular formula is C15H25N3. The van der Waals surface area contributed by atoms with Gasteiger partial charge in [-0.25, -0.2) is 0 Å². The molecule has 3 heteroatoms. The van der Waals surface area contributed by atoms with Crippen LogP contribution in [0.25, 0.3) is 0 Å². The van der Waals surface area contributed by atoms with E-state index in [2.05, 4.69) is 55.0 Å². The molecule has 2 rings (SSSR count). The van der Waals surface area contributed by atoms with Crippen molar-refractivity contribution >= 4 is 11.4 Å². The lowest BCUT2D eigenvalue weighted by Crippen LogP contribution is -2.41. The highest BCUT2D eigenvalue weighted by Gasteiger charge is 2.20. The lowest BCUT2D eigenvalue weighted by molar-refractivity contribution is 0.462. The molecule has 0 spiro atoms. The Balaban J connectivity index is 2.05. The summed E-state index contributed by atoms with van der Waals surface area (Å²) in [7, 11) is 2.16. The number of anilines is 2. The van der Waals surface area contributed by atoms with Gasteiger partial charge in [0.1, 0.15) is 0 Å². The van der Waals surface area contributed by atoms with Crippen molar-refractivity contribution in [1.82, 2.24) is 0 Å². The zero-order valence-corrected chi connectivity index (χ0v) is 11.8. The summed E-state index contributed by atoms with van der Waals surface area (Å²) in [6.45, 7) is 7.64. The van der Waals surface area contributed by atoms with E-state index in [1.807, 2.05) is 0 Å². The molecule has 1 aromatic rings. The number of nitrogens with two attached hydrogens (primary N) is 1. The van der Waals surface area contributed by atoms with Crippen LogP contribution in [0.1, 0.15) is 20.3 Å². The monoisotopic (exact) mass is 247 g/mol. The van der Waals surface area contributed by atoms with Gasteiger partial charge in [-0.2, -0.15) is 0 Å². The molecule has 1 heterocycles. The molecule has 1 aliphatic heterocycles. The van der Waals surface area contributed by atoms with Crippen molar-refractivity contribution in [3.05, 3.63) is 24.3 Å². The maximum atomic E-state index is 6.14. The third kappa shape index (κ3) is 2.78. The largest absolute Gasteiger partial charge is 0.371 e. The van der Waals surface area contributed by atoms with Crippen LogP contribution in [-0.4, -0.2) is 32.7 Å². The van der Waals surface area contributed by atoms with E-state index < -0.39 is 0 Å². The Morgan fingerprint density at radius 2 is 1.83 bits per heavy atom. The van der Waals surface area contributed by atoms with E-state index in [1.165, 1.54) is 11.4 Å². The highest BCUT2D eigenvalue weighted by atomic mass is 15.2. The minimum atomic E-state index is 0.303. The maximum Gasteiger partial charge on any atom is 0.0604 e. The van der Waals surface area contributed by atoms with Gasteiger partial charge in [0, 0.05) is 32.7 Å². The summed E-state index contributed by atoms with van der Waals surface area (Å²) >= 11 is 0. The molecule has 0 bridgehead atoms. The predicted molar refractivity (Wildman–Crippen MR) is 79.4 cm³/mol. The molecule has 1 unspecified atom stereocenters. The second-order valence-corrected chi connectivity index (χ2v) is 5.59. The van der Waals surface area contributed by atoms with Gasteiger partial charge in [-0.3, -0.25) is 0 Å². The molecule has 0 fully saturated rings. The lowest BCUT2D eigenvalue weighted by Gasteiger charge is -2.37. The van der Waals surface area contributed by atoms with Gasteiger partial charge < -0.3 is 15.5 Å². The number of hydrogen-bond donors (Lipinski definition) is 1. The molecular weight excluding hydrogens is 222 g/mol. The fourth-order valence-electron chi connectivity index (χ4n) is 2.44. The van der Waals surface area contributed by atoms with Crippen molar-refractivity contribution in [1.29, 1.82) is 0 Å². The third-order valence-corrected chi connectivity index (χ3v) is 3.93. The van der Waals surface area contributed by atoms with E-state index in [0.717, 1.165) is 26.1 Å². The molecule has 18 heavy (non-hydrogen) atoms. The molecule has 0 aliphatic carbocycles.